The van der Waals surface area contributed by atoms with Crippen molar-refractivity contribution in [2.45, 2.75) is 46.0 Å². The van der Waals surface area contributed by atoms with Crippen molar-refractivity contribution in [3.8, 4) is 0 Å². The Morgan fingerprint density at radius 3 is 2.70 bits per heavy atom. The van der Waals surface area contributed by atoms with E-state index in [4.69, 9.17) is 5.11 Å². The number of carbonyl (C=O) groups is 2. The molecule has 5 heteroatoms. The number of piperidine rings is 1. The number of nitrogens with zero attached hydrogens (tertiary/aromatic N) is 1. The van der Waals surface area contributed by atoms with Crippen LogP contribution < -0.4 is 5.32 Å². The molecule has 5 nitrogen and oxygen atoms in total. The van der Waals surface area contributed by atoms with Crippen LogP contribution in [0.1, 0.15) is 46.0 Å². The molecular weight excluding hydrogens is 256 g/mol. The summed E-state index contributed by atoms with van der Waals surface area (Å²) in [5, 5.41) is 11.6. The van der Waals surface area contributed by atoms with Crippen LogP contribution in [-0.4, -0.2) is 48.1 Å². The highest BCUT2D eigenvalue weighted by molar-refractivity contribution is 5.82. The molecule has 20 heavy (non-hydrogen) atoms. The summed E-state index contributed by atoms with van der Waals surface area (Å²) < 4.78 is 0. The fraction of sp³-hybridized carbons (Fsp3) is 0.867. The Bertz CT molecular complexity index is 318. The fourth-order valence-electron chi connectivity index (χ4n) is 2.53. The van der Waals surface area contributed by atoms with Crippen LogP contribution in [0, 0.1) is 11.8 Å². The molecule has 2 amide bonds. The minimum atomic E-state index is -0.0655. The summed E-state index contributed by atoms with van der Waals surface area (Å²) >= 11 is 0. The maximum Gasteiger partial charge on any atom is 0.225 e. The lowest BCUT2D eigenvalue weighted by Gasteiger charge is -2.33. The Labute approximate surface area is 121 Å². The van der Waals surface area contributed by atoms with Gasteiger partial charge in [-0.2, -0.15) is 0 Å². The maximum atomic E-state index is 12.1. The predicted molar refractivity (Wildman–Crippen MR) is 78.1 cm³/mol. The Morgan fingerprint density at radius 2 is 2.05 bits per heavy atom. The van der Waals surface area contributed by atoms with Crippen molar-refractivity contribution >= 4 is 11.8 Å². The van der Waals surface area contributed by atoms with E-state index in [1.807, 2.05) is 18.7 Å². The molecule has 0 aromatic heterocycles. The molecule has 1 rings (SSSR count). The standard InChI is InChI=1S/C15H28N2O3/c1-12(2)15(20)17-9-6-7-13(11-17)14(19)16-8-4-3-5-10-18/h12-13,18H,3-11H2,1-2H3,(H,16,19). The van der Waals surface area contributed by atoms with Gasteiger partial charge in [0.2, 0.25) is 11.8 Å². The third kappa shape index (κ3) is 5.49. The van der Waals surface area contributed by atoms with Gasteiger partial charge in [0.15, 0.2) is 0 Å². The summed E-state index contributed by atoms with van der Waals surface area (Å²) in [6.45, 7) is 5.99. The molecule has 116 valence electrons. The molecule has 0 saturated carbocycles. The second-order valence-electron chi connectivity index (χ2n) is 5.85. The number of hydrogen-bond acceptors (Lipinski definition) is 3. The van der Waals surface area contributed by atoms with Crippen molar-refractivity contribution in [3.05, 3.63) is 0 Å². The largest absolute Gasteiger partial charge is 0.396 e. The van der Waals surface area contributed by atoms with Gasteiger partial charge in [-0.3, -0.25) is 9.59 Å². The molecule has 0 spiro atoms. The Hall–Kier alpha value is -1.10. The van der Waals surface area contributed by atoms with E-state index in [1.165, 1.54) is 0 Å². The zero-order valence-corrected chi connectivity index (χ0v) is 12.7. The van der Waals surface area contributed by atoms with E-state index in [2.05, 4.69) is 5.32 Å². The summed E-state index contributed by atoms with van der Waals surface area (Å²) in [5.74, 6) is 0.139. The van der Waals surface area contributed by atoms with Gasteiger partial charge in [0, 0.05) is 32.2 Å². The van der Waals surface area contributed by atoms with Gasteiger partial charge in [-0.1, -0.05) is 13.8 Å². The van der Waals surface area contributed by atoms with Crippen LogP contribution in [0.2, 0.25) is 0 Å². The summed E-state index contributed by atoms with van der Waals surface area (Å²) in [5.41, 5.74) is 0. The molecule has 0 aromatic rings. The Kier molecular flexibility index (Phi) is 7.59. The highest BCUT2D eigenvalue weighted by atomic mass is 16.3. The molecule has 1 heterocycles. The first-order valence-corrected chi connectivity index (χ1v) is 7.73. The van der Waals surface area contributed by atoms with Crippen LogP contribution >= 0.6 is 0 Å². The summed E-state index contributed by atoms with van der Waals surface area (Å²) in [4.78, 5) is 25.9. The average molecular weight is 284 g/mol. The summed E-state index contributed by atoms with van der Waals surface area (Å²) in [7, 11) is 0. The van der Waals surface area contributed by atoms with Crippen LogP contribution in [-0.2, 0) is 9.59 Å². The molecule has 1 fully saturated rings. The van der Waals surface area contributed by atoms with Crippen LogP contribution in [0.15, 0.2) is 0 Å². The minimum absolute atomic E-state index is 0.00436. The van der Waals surface area contributed by atoms with E-state index in [9.17, 15) is 9.59 Å². The molecule has 1 atom stereocenters. The van der Waals surface area contributed by atoms with Gasteiger partial charge in [0.1, 0.15) is 0 Å². The first-order valence-electron chi connectivity index (χ1n) is 7.73. The van der Waals surface area contributed by atoms with Crippen LogP contribution in [0.4, 0.5) is 0 Å². The van der Waals surface area contributed by atoms with Crippen LogP contribution in [0.5, 0.6) is 0 Å². The smallest absolute Gasteiger partial charge is 0.225 e. The summed E-state index contributed by atoms with van der Waals surface area (Å²) in [6, 6.07) is 0. The second-order valence-corrected chi connectivity index (χ2v) is 5.85. The van der Waals surface area contributed by atoms with Gasteiger partial charge in [0.05, 0.1) is 5.92 Å². The Balaban J connectivity index is 2.31. The van der Waals surface area contributed by atoms with Gasteiger partial charge in [-0.25, -0.2) is 0 Å². The zero-order chi connectivity index (χ0) is 15.0. The molecule has 0 aromatic carbocycles. The van der Waals surface area contributed by atoms with E-state index < -0.39 is 0 Å². The third-order valence-electron chi connectivity index (χ3n) is 3.73. The molecule has 0 bridgehead atoms. The number of rotatable bonds is 7. The number of amides is 2. The summed E-state index contributed by atoms with van der Waals surface area (Å²) in [6.07, 6.45) is 4.38. The van der Waals surface area contributed by atoms with E-state index in [0.29, 0.717) is 13.1 Å². The quantitative estimate of drug-likeness (QED) is 0.689. The minimum Gasteiger partial charge on any atom is -0.396 e. The number of hydrogen-bond donors (Lipinski definition) is 2. The van der Waals surface area contributed by atoms with E-state index in [-0.39, 0.29) is 30.3 Å². The van der Waals surface area contributed by atoms with E-state index in [0.717, 1.165) is 38.6 Å². The van der Waals surface area contributed by atoms with E-state index in [1.54, 1.807) is 0 Å². The SMILES string of the molecule is CC(C)C(=O)N1CCCC(C(=O)NCCCCCO)C1. The van der Waals surface area contributed by atoms with Gasteiger partial charge in [-0.05, 0) is 32.1 Å². The van der Waals surface area contributed by atoms with Crippen LogP contribution in [0.25, 0.3) is 0 Å². The molecule has 2 N–H and O–H groups in total. The second kappa shape index (κ2) is 8.95. The van der Waals surface area contributed by atoms with E-state index >= 15 is 0 Å². The molecule has 0 radical (unpaired) electrons. The molecule has 1 saturated heterocycles. The molecule has 1 aliphatic rings. The molecule has 0 aliphatic carbocycles. The van der Waals surface area contributed by atoms with Gasteiger partial charge in [-0.15, -0.1) is 0 Å². The molecular formula is C15H28N2O3. The number of carbonyl (C=O) groups excluding carboxylic acids is 2. The fourth-order valence-corrected chi connectivity index (χ4v) is 2.53. The first kappa shape index (κ1) is 17.0. The maximum absolute atomic E-state index is 12.1. The highest BCUT2D eigenvalue weighted by Crippen LogP contribution is 2.18. The first-order chi connectivity index (χ1) is 9.56. The lowest BCUT2D eigenvalue weighted by atomic mass is 9.96. The third-order valence-corrected chi connectivity index (χ3v) is 3.73. The van der Waals surface area contributed by atoms with Gasteiger partial charge in [0.25, 0.3) is 0 Å². The van der Waals surface area contributed by atoms with Crippen molar-refractivity contribution in [2.75, 3.05) is 26.2 Å². The average Bonchev–Trinajstić information content (AvgIpc) is 2.46. The lowest BCUT2D eigenvalue weighted by molar-refractivity contribution is -0.138. The molecule has 1 unspecified atom stereocenters. The Morgan fingerprint density at radius 1 is 1.30 bits per heavy atom. The zero-order valence-electron chi connectivity index (χ0n) is 12.7. The van der Waals surface area contributed by atoms with Crippen molar-refractivity contribution in [1.29, 1.82) is 0 Å². The number of aliphatic hydroxyl groups is 1. The number of unbranched alkanes of at least 4 members (excludes halogenated alkanes) is 2. The number of aliphatic hydroxyl groups excluding tert-OH is 1. The highest BCUT2D eigenvalue weighted by Gasteiger charge is 2.28. The monoisotopic (exact) mass is 284 g/mol. The van der Waals surface area contributed by atoms with Gasteiger partial charge >= 0.3 is 0 Å². The van der Waals surface area contributed by atoms with Crippen LogP contribution in [0.3, 0.4) is 0 Å². The molecule has 1 aliphatic heterocycles. The van der Waals surface area contributed by atoms with Crippen molar-refractivity contribution in [2.24, 2.45) is 11.8 Å². The topological polar surface area (TPSA) is 69.6 Å². The number of likely N-dealkylation sites (tertiary alicyclic amines) is 1. The van der Waals surface area contributed by atoms with Gasteiger partial charge < -0.3 is 15.3 Å². The van der Waals surface area contributed by atoms with Crippen molar-refractivity contribution in [1.82, 2.24) is 10.2 Å². The predicted octanol–water partition coefficient (Wildman–Crippen LogP) is 1.16. The number of nitrogens with one attached hydrogen (secondary N) is 1. The van der Waals surface area contributed by atoms with Crippen molar-refractivity contribution < 1.29 is 14.7 Å². The lowest BCUT2D eigenvalue weighted by Crippen LogP contribution is -2.46. The van der Waals surface area contributed by atoms with Crippen molar-refractivity contribution in [3.63, 3.8) is 0 Å². The normalized spacial score (nSPS) is 19.2.